The van der Waals surface area contributed by atoms with Crippen LogP contribution in [0.5, 0.6) is 0 Å². The average molecular weight is 344 g/mol. The number of hydrogen-bond acceptors (Lipinski definition) is 3. The van der Waals surface area contributed by atoms with Crippen molar-refractivity contribution < 1.29 is 14.4 Å². The lowest BCUT2D eigenvalue weighted by Gasteiger charge is -2.33. The first-order valence-corrected chi connectivity index (χ1v) is 8.82. The number of nitrogens with zero attached hydrogens (tertiary/aromatic N) is 2. The molecule has 7 nitrogen and oxygen atoms in total. The number of hydrogen-bond donors (Lipinski definition) is 2. The Hall–Kier alpha value is -2.57. The van der Waals surface area contributed by atoms with Crippen molar-refractivity contribution in [2.75, 3.05) is 29.9 Å². The molecule has 1 aromatic rings. The number of amides is 4. The summed E-state index contributed by atoms with van der Waals surface area (Å²) in [5.41, 5.74) is 1.47. The van der Waals surface area contributed by atoms with E-state index in [9.17, 15) is 14.4 Å². The molecule has 2 heterocycles. The van der Waals surface area contributed by atoms with Crippen molar-refractivity contribution in [1.82, 2.24) is 10.2 Å². The largest absolute Gasteiger partial charge is 0.352 e. The third kappa shape index (κ3) is 4.10. The molecule has 25 heavy (non-hydrogen) atoms. The highest BCUT2D eigenvalue weighted by Crippen LogP contribution is 2.25. The average Bonchev–Trinajstić information content (AvgIpc) is 2.61. The summed E-state index contributed by atoms with van der Waals surface area (Å²) in [6, 6.07) is 7.15. The van der Waals surface area contributed by atoms with E-state index in [1.165, 1.54) is 0 Å². The number of carbonyl (C=O) groups excluding carboxylic acids is 3. The van der Waals surface area contributed by atoms with E-state index in [1.54, 1.807) is 9.80 Å². The molecule has 2 N–H and O–H groups in total. The highest BCUT2D eigenvalue weighted by Gasteiger charge is 2.26. The number of benzene rings is 1. The van der Waals surface area contributed by atoms with E-state index in [1.807, 2.05) is 31.2 Å². The molecule has 7 heteroatoms. The fourth-order valence-electron chi connectivity index (χ4n) is 3.15. The fourth-order valence-corrected chi connectivity index (χ4v) is 3.15. The van der Waals surface area contributed by atoms with Crippen LogP contribution in [-0.2, 0) is 9.59 Å². The van der Waals surface area contributed by atoms with Crippen LogP contribution < -0.4 is 15.5 Å². The second-order valence-corrected chi connectivity index (χ2v) is 6.48. The zero-order valence-electron chi connectivity index (χ0n) is 14.5. The lowest BCUT2D eigenvalue weighted by molar-refractivity contribution is -0.122. The molecule has 134 valence electrons. The van der Waals surface area contributed by atoms with Crippen molar-refractivity contribution in [2.45, 2.75) is 38.6 Å². The van der Waals surface area contributed by atoms with Crippen LogP contribution >= 0.6 is 0 Å². The van der Waals surface area contributed by atoms with Crippen LogP contribution in [0.25, 0.3) is 0 Å². The topological polar surface area (TPSA) is 81.8 Å². The molecule has 1 atom stereocenters. The number of piperidine rings is 1. The molecule has 2 fully saturated rings. The number of rotatable bonds is 4. The Bertz CT molecular complexity index is 676. The molecule has 0 saturated carbocycles. The Morgan fingerprint density at radius 1 is 1.28 bits per heavy atom. The summed E-state index contributed by atoms with van der Waals surface area (Å²) >= 11 is 0. The van der Waals surface area contributed by atoms with Gasteiger partial charge in [0.25, 0.3) is 0 Å². The molecular formula is C18H24N4O3. The summed E-state index contributed by atoms with van der Waals surface area (Å²) in [5, 5.41) is 5.85. The molecule has 1 aromatic carbocycles. The van der Waals surface area contributed by atoms with Crippen LogP contribution in [0.2, 0.25) is 0 Å². The Kier molecular flexibility index (Phi) is 5.21. The highest BCUT2D eigenvalue weighted by molar-refractivity contribution is 6.00. The summed E-state index contributed by atoms with van der Waals surface area (Å²) in [5.74, 6) is 0.119. The minimum atomic E-state index is -0.178. The monoisotopic (exact) mass is 344 g/mol. The zero-order chi connectivity index (χ0) is 17.8. The summed E-state index contributed by atoms with van der Waals surface area (Å²) < 4.78 is 0. The Labute approximate surface area is 147 Å². The van der Waals surface area contributed by atoms with Crippen LogP contribution in [0.4, 0.5) is 16.2 Å². The molecule has 2 aliphatic heterocycles. The van der Waals surface area contributed by atoms with E-state index in [2.05, 4.69) is 10.6 Å². The minimum Gasteiger partial charge on any atom is -0.352 e. The molecule has 2 saturated heterocycles. The summed E-state index contributed by atoms with van der Waals surface area (Å²) in [6.07, 6.45) is 2.78. The second kappa shape index (κ2) is 7.55. The zero-order valence-corrected chi connectivity index (χ0v) is 14.5. The van der Waals surface area contributed by atoms with Gasteiger partial charge in [-0.15, -0.1) is 0 Å². The Morgan fingerprint density at radius 3 is 2.80 bits per heavy atom. The van der Waals surface area contributed by atoms with Crippen molar-refractivity contribution in [3.05, 3.63) is 24.3 Å². The quantitative estimate of drug-likeness (QED) is 0.819. The molecule has 0 bridgehead atoms. The summed E-state index contributed by atoms with van der Waals surface area (Å²) in [4.78, 5) is 39.1. The molecule has 0 aliphatic carbocycles. The van der Waals surface area contributed by atoms with Gasteiger partial charge in [0.15, 0.2) is 0 Å². The maximum Gasteiger partial charge on any atom is 0.321 e. The number of carbonyl (C=O) groups is 3. The lowest BCUT2D eigenvalue weighted by atomic mass is 10.1. The SMILES string of the molecule is CCC(=O)N[C@H]1CCCN(C(=O)Nc2cccc(N3CCC3=O)c2)C1. The molecule has 3 rings (SSSR count). The second-order valence-electron chi connectivity index (χ2n) is 6.48. The number of likely N-dealkylation sites (tertiary alicyclic amines) is 1. The molecule has 2 aliphatic rings. The molecule has 0 spiro atoms. The molecule has 0 aromatic heterocycles. The number of nitrogens with one attached hydrogen (secondary N) is 2. The predicted molar refractivity (Wildman–Crippen MR) is 95.5 cm³/mol. The van der Waals surface area contributed by atoms with Gasteiger partial charge in [-0.1, -0.05) is 13.0 Å². The molecular weight excluding hydrogens is 320 g/mol. The van der Waals surface area contributed by atoms with E-state index >= 15 is 0 Å². The standard InChI is InChI=1S/C18H24N4O3/c1-2-16(23)19-14-6-4-9-21(12-14)18(25)20-13-5-3-7-15(11-13)22-10-8-17(22)24/h3,5,7,11,14H,2,4,6,8-10,12H2,1H3,(H,19,23)(H,20,25)/t14-/m0/s1. The van der Waals surface area contributed by atoms with Gasteiger partial charge in [0, 0.05) is 49.9 Å². The summed E-state index contributed by atoms with van der Waals surface area (Å²) in [7, 11) is 0. The molecule has 4 amide bonds. The molecule has 0 radical (unpaired) electrons. The fraction of sp³-hybridized carbons (Fsp3) is 0.500. The normalized spacial score (nSPS) is 20.0. The van der Waals surface area contributed by atoms with Crippen LogP contribution in [0, 0.1) is 0 Å². The lowest BCUT2D eigenvalue weighted by Crippen LogP contribution is -2.50. The van der Waals surface area contributed by atoms with Gasteiger partial charge in [-0.3, -0.25) is 9.59 Å². The highest BCUT2D eigenvalue weighted by atomic mass is 16.2. The molecule has 0 unspecified atom stereocenters. The first-order chi connectivity index (χ1) is 12.1. The van der Waals surface area contributed by atoms with E-state index in [-0.39, 0.29) is 23.9 Å². The van der Waals surface area contributed by atoms with E-state index in [0.717, 1.165) is 25.1 Å². The van der Waals surface area contributed by atoms with Crippen molar-refractivity contribution in [2.24, 2.45) is 0 Å². The summed E-state index contributed by atoms with van der Waals surface area (Å²) in [6.45, 7) is 3.73. The van der Waals surface area contributed by atoms with Gasteiger partial charge >= 0.3 is 6.03 Å². The first-order valence-electron chi connectivity index (χ1n) is 8.82. The minimum absolute atomic E-state index is 0.0111. The third-order valence-electron chi connectivity index (χ3n) is 4.65. The number of β-lactam (4-membered cyclic amide) rings is 1. The maximum absolute atomic E-state index is 12.5. The van der Waals surface area contributed by atoms with Crippen molar-refractivity contribution in [3.8, 4) is 0 Å². The van der Waals surface area contributed by atoms with E-state index < -0.39 is 0 Å². The first kappa shape index (κ1) is 17.3. The van der Waals surface area contributed by atoms with E-state index in [4.69, 9.17) is 0 Å². The van der Waals surface area contributed by atoms with Crippen LogP contribution in [0.3, 0.4) is 0 Å². The van der Waals surface area contributed by atoms with Gasteiger partial charge in [0.2, 0.25) is 11.8 Å². The van der Waals surface area contributed by atoms with Crippen molar-refractivity contribution >= 4 is 29.2 Å². The van der Waals surface area contributed by atoms with Gasteiger partial charge in [-0.2, -0.15) is 0 Å². The van der Waals surface area contributed by atoms with Gasteiger partial charge in [0.1, 0.15) is 0 Å². The van der Waals surface area contributed by atoms with Gasteiger partial charge in [-0.05, 0) is 31.0 Å². The van der Waals surface area contributed by atoms with Gasteiger partial charge < -0.3 is 20.4 Å². The third-order valence-corrected chi connectivity index (χ3v) is 4.65. The number of urea groups is 1. The van der Waals surface area contributed by atoms with Gasteiger partial charge in [-0.25, -0.2) is 4.79 Å². The Balaban J connectivity index is 1.59. The maximum atomic E-state index is 12.5. The van der Waals surface area contributed by atoms with Gasteiger partial charge in [0.05, 0.1) is 0 Å². The van der Waals surface area contributed by atoms with Crippen LogP contribution in [0.15, 0.2) is 24.3 Å². The van der Waals surface area contributed by atoms with Crippen LogP contribution in [-0.4, -0.2) is 48.4 Å². The Morgan fingerprint density at radius 2 is 2.12 bits per heavy atom. The van der Waals surface area contributed by atoms with Crippen LogP contribution in [0.1, 0.15) is 32.6 Å². The smallest absolute Gasteiger partial charge is 0.321 e. The number of anilines is 2. The van der Waals surface area contributed by atoms with Crippen molar-refractivity contribution in [3.63, 3.8) is 0 Å². The van der Waals surface area contributed by atoms with E-state index in [0.29, 0.717) is 31.6 Å². The predicted octanol–water partition coefficient (Wildman–Crippen LogP) is 1.95. The van der Waals surface area contributed by atoms with Crippen molar-refractivity contribution in [1.29, 1.82) is 0 Å².